The van der Waals surface area contributed by atoms with E-state index >= 15 is 0 Å². The number of piperidine rings is 1. The molecule has 2 atom stereocenters. The van der Waals surface area contributed by atoms with Crippen molar-refractivity contribution < 1.29 is 13.2 Å². The second kappa shape index (κ2) is 5.71. The first kappa shape index (κ1) is 14.7. The summed E-state index contributed by atoms with van der Waals surface area (Å²) in [5, 5.41) is 0.0829. The summed E-state index contributed by atoms with van der Waals surface area (Å²) in [6.07, 6.45) is -3.28. The van der Waals surface area contributed by atoms with Crippen LogP contribution in [0.1, 0.15) is 24.5 Å². The Labute approximate surface area is 116 Å². The maximum absolute atomic E-state index is 12.6. The monoisotopic (exact) mass is 291 g/mol. The zero-order valence-corrected chi connectivity index (χ0v) is 11.5. The van der Waals surface area contributed by atoms with E-state index in [-0.39, 0.29) is 5.38 Å². The van der Waals surface area contributed by atoms with Gasteiger partial charge in [0.15, 0.2) is 0 Å². The third-order valence-corrected chi connectivity index (χ3v) is 4.18. The van der Waals surface area contributed by atoms with Gasteiger partial charge in [-0.25, -0.2) is 0 Å². The van der Waals surface area contributed by atoms with E-state index in [1.807, 2.05) is 0 Å². The molecule has 19 heavy (non-hydrogen) atoms. The zero-order chi connectivity index (χ0) is 14.0. The van der Waals surface area contributed by atoms with Crippen molar-refractivity contribution in [3.05, 3.63) is 35.4 Å². The summed E-state index contributed by atoms with van der Waals surface area (Å²) in [5.74, 6) is 0.472. The van der Waals surface area contributed by atoms with Crippen LogP contribution >= 0.6 is 11.6 Å². The molecule has 5 heteroatoms. The van der Waals surface area contributed by atoms with Crippen LogP contribution in [0.2, 0.25) is 0 Å². The SMILES string of the molecule is CC1CCN(Cc2cccc(C(F)(F)F)c2)CC1Cl. The summed E-state index contributed by atoms with van der Waals surface area (Å²) in [4.78, 5) is 2.12. The lowest BCUT2D eigenvalue weighted by Crippen LogP contribution is -2.39. The summed E-state index contributed by atoms with van der Waals surface area (Å²) in [6, 6.07) is 5.52. The Bertz CT molecular complexity index is 433. The number of likely N-dealkylation sites (tertiary alicyclic amines) is 1. The molecule has 2 unspecified atom stereocenters. The van der Waals surface area contributed by atoms with Gasteiger partial charge in [0.2, 0.25) is 0 Å². The number of nitrogens with zero attached hydrogens (tertiary/aromatic N) is 1. The molecule has 1 aliphatic rings. The minimum absolute atomic E-state index is 0.0829. The smallest absolute Gasteiger partial charge is 0.298 e. The molecule has 0 radical (unpaired) electrons. The van der Waals surface area contributed by atoms with Crippen LogP contribution in [0, 0.1) is 5.92 Å². The maximum Gasteiger partial charge on any atom is 0.416 e. The van der Waals surface area contributed by atoms with Crippen LogP contribution in [-0.4, -0.2) is 23.4 Å². The molecule has 1 nitrogen and oxygen atoms in total. The van der Waals surface area contributed by atoms with Crippen molar-refractivity contribution in [1.29, 1.82) is 0 Å². The minimum atomic E-state index is -4.28. The molecule has 0 saturated carbocycles. The molecule has 1 aromatic carbocycles. The van der Waals surface area contributed by atoms with Gasteiger partial charge in [0.05, 0.1) is 5.56 Å². The Morgan fingerprint density at radius 3 is 2.74 bits per heavy atom. The summed E-state index contributed by atoms with van der Waals surface area (Å²) >= 11 is 6.21. The number of hydrogen-bond acceptors (Lipinski definition) is 1. The molecule has 0 N–H and O–H groups in total. The predicted molar refractivity (Wildman–Crippen MR) is 70.1 cm³/mol. The van der Waals surface area contributed by atoms with Crippen LogP contribution in [-0.2, 0) is 12.7 Å². The number of hydrogen-bond donors (Lipinski definition) is 0. The molecule has 0 aromatic heterocycles. The maximum atomic E-state index is 12.6. The Kier molecular flexibility index (Phi) is 4.41. The van der Waals surface area contributed by atoms with Gasteiger partial charge in [-0.1, -0.05) is 25.1 Å². The van der Waals surface area contributed by atoms with Crippen LogP contribution < -0.4 is 0 Å². The lowest BCUT2D eigenvalue weighted by molar-refractivity contribution is -0.137. The minimum Gasteiger partial charge on any atom is -0.298 e. The normalized spacial score (nSPS) is 25.5. The van der Waals surface area contributed by atoms with Gasteiger partial charge in [-0.15, -0.1) is 11.6 Å². The Morgan fingerprint density at radius 2 is 2.11 bits per heavy atom. The van der Waals surface area contributed by atoms with Crippen LogP contribution in [0.3, 0.4) is 0 Å². The van der Waals surface area contributed by atoms with Crippen molar-refractivity contribution in [3.63, 3.8) is 0 Å². The fourth-order valence-corrected chi connectivity index (χ4v) is 2.65. The van der Waals surface area contributed by atoms with Crippen molar-refractivity contribution in [2.45, 2.75) is 31.4 Å². The molecule has 2 rings (SSSR count). The Hall–Kier alpha value is -0.740. The van der Waals surface area contributed by atoms with Crippen molar-refractivity contribution in [1.82, 2.24) is 4.90 Å². The van der Waals surface area contributed by atoms with E-state index < -0.39 is 11.7 Å². The summed E-state index contributed by atoms with van der Waals surface area (Å²) in [6.45, 7) is 4.26. The number of rotatable bonds is 2. The molecule has 0 aliphatic carbocycles. The van der Waals surface area contributed by atoms with Crippen LogP contribution in [0.15, 0.2) is 24.3 Å². The van der Waals surface area contributed by atoms with Crippen LogP contribution in [0.4, 0.5) is 13.2 Å². The highest BCUT2D eigenvalue weighted by atomic mass is 35.5. The van der Waals surface area contributed by atoms with Crippen molar-refractivity contribution in [2.75, 3.05) is 13.1 Å². The van der Waals surface area contributed by atoms with Gasteiger partial charge in [0.1, 0.15) is 0 Å². The highest BCUT2D eigenvalue weighted by Crippen LogP contribution is 2.30. The fourth-order valence-electron chi connectivity index (χ4n) is 2.33. The quantitative estimate of drug-likeness (QED) is 0.740. The summed E-state index contributed by atoms with van der Waals surface area (Å²) in [7, 11) is 0. The standard InChI is InChI=1S/C14H17ClF3N/c1-10-5-6-19(9-13(10)15)8-11-3-2-4-12(7-11)14(16,17)18/h2-4,7,10,13H,5-6,8-9H2,1H3. The number of halogens is 4. The van der Waals surface area contributed by atoms with Crippen molar-refractivity contribution >= 4 is 11.6 Å². The van der Waals surface area contributed by atoms with Gasteiger partial charge >= 0.3 is 6.18 Å². The fraction of sp³-hybridized carbons (Fsp3) is 0.571. The molecular weight excluding hydrogens is 275 g/mol. The average molecular weight is 292 g/mol. The van der Waals surface area contributed by atoms with Gasteiger partial charge in [-0.2, -0.15) is 13.2 Å². The average Bonchev–Trinajstić information content (AvgIpc) is 2.33. The molecule has 0 spiro atoms. The lowest BCUT2D eigenvalue weighted by atomic mass is 9.98. The molecule has 0 amide bonds. The van der Waals surface area contributed by atoms with E-state index in [2.05, 4.69) is 11.8 Å². The predicted octanol–water partition coefficient (Wildman–Crippen LogP) is 4.15. The Morgan fingerprint density at radius 1 is 1.37 bits per heavy atom. The first-order chi connectivity index (χ1) is 8.86. The second-order valence-corrected chi connectivity index (χ2v) is 5.78. The van der Waals surface area contributed by atoms with E-state index in [4.69, 9.17) is 11.6 Å². The lowest BCUT2D eigenvalue weighted by Gasteiger charge is -2.34. The molecule has 1 fully saturated rings. The van der Waals surface area contributed by atoms with Gasteiger partial charge in [-0.3, -0.25) is 4.90 Å². The van der Waals surface area contributed by atoms with Crippen molar-refractivity contribution in [2.24, 2.45) is 5.92 Å². The van der Waals surface area contributed by atoms with E-state index in [0.29, 0.717) is 18.0 Å². The topological polar surface area (TPSA) is 3.24 Å². The molecule has 1 saturated heterocycles. The highest BCUT2D eigenvalue weighted by Gasteiger charge is 2.30. The van der Waals surface area contributed by atoms with E-state index in [1.54, 1.807) is 6.07 Å². The molecule has 1 heterocycles. The largest absolute Gasteiger partial charge is 0.416 e. The highest BCUT2D eigenvalue weighted by molar-refractivity contribution is 6.21. The zero-order valence-electron chi connectivity index (χ0n) is 10.8. The van der Waals surface area contributed by atoms with Gasteiger partial charge in [0.25, 0.3) is 0 Å². The number of benzene rings is 1. The van der Waals surface area contributed by atoms with Crippen molar-refractivity contribution in [3.8, 4) is 0 Å². The van der Waals surface area contributed by atoms with Crippen LogP contribution in [0.5, 0.6) is 0 Å². The second-order valence-electron chi connectivity index (χ2n) is 5.22. The summed E-state index contributed by atoms with van der Waals surface area (Å²) < 4.78 is 37.9. The third kappa shape index (κ3) is 3.86. The van der Waals surface area contributed by atoms with E-state index in [9.17, 15) is 13.2 Å². The molecular formula is C14H17ClF3N. The molecule has 1 aliphatic heterocycles. The molecule has 106 valence electrons. The third-order valence-electron chi connectivity index (χ3n) is 3.61. The molecule has 0 bridgehead atoms. The Balaban J connectivity index is 2.04. The van der Waals surface area contributed by atoms with Gasteiger partial charge in [-0.05, 0) is 30.5 Å². The molecule has 1 aromatic rings. The summed E-state index contributed by atoms with van der Waals surface area (Å²) in [5.41, 5.74) is 0.103. The van der Waals surface area contributed by atoms with E-state index in [0.717, 1.165) is 25.6 Å². The first-order valence-corrected chi connectivity index (χ1v) is 6.82. The van der Waals surface area contributed by atoms with Gasteiger partial charge < -0.3 is 0 Å². The first-order valence-electron chi connectivity index (χ1n) is 6.39. The van der Waals surface area contributed by atoms with E-state index in [1.165, 1.54) is 12.1 Å². The van der Waals surface area contributed by atoms with Crippen LogP contribution in [0.25, 0.3) is 0 Å². The number of alkyl halides is 4. The van der Waals surface area contributed by atoms with Gasteiger partial charge in [0, 0.05) is 18.5 Å².